The Morgan fingerprint density at radius 2 is 2.32 bits per heavy atom. The van der Waals surface area contributed by atoms with Crippen LogP contribution in [0.25, 0.3) is 0 Å². The van der Waals surface area contributed by atoms with Crippen molar-refractivity contribution < 1.29 is 9.31 Å². The Morgan fingerprint density at radius 3 is 2.84 bits per heavy atom. The fourth-order valence-electron chi connectivity index (χ4n) is 2.56. The topological polar surface area (TPSA) is 58.4 Å². The number of halogens is 1. The highest BCUT2D eigenvalue weighted by Crippen LogP contribution is 2.33. The van der Waals surface area contributed by atoms with E-state index in [9.17, 15) is 14.5 Å². The minimum atomic E-state index is -0.531. The standard InChI is InChI=1S/C13H18FN3O2/c1-3-16(10-4-5-15-8-10)12-6-9(2)11(14)7-13(12)17(18)19/h6-7,10,15H,3-5,8H2,1-2H3. The van der Waals surface area contributed by atoms with Crippen LogP contribution in [0.3, 0.4) is 0 Å². The van der Waals surface area contributed by atoms with E-state index in [0.717, 1.165) is 25.6 Å². The van der Waals surface area contributed by atoms with Gasteiger partial charge in [-0.15, -0.1) is 0 Å². The van der Waals surface area contributed by atoms with Crippen molar-refractivity contribution in [1.82, 2.24) is 5.32 Å². The molecule has 1 N–H and O–H groups in total. The van der Waals surface area contributed by atoms with Crippen LogP contribution < -0.4 is 10.2 Å². The van der Waals surface area contributed by atoms with Gasteiger partial charge >= 0.3 is 0 Å². The number of nitro groups is 1. The van der Waals surface area contributed by atoms with Gasteiger partial charge in [0.05, 0.1) is 11.0 Å². The second kappa shape index (κ2) is 5.52. The van der Waals surface area contributed by atoms with Crippen LogP contribution in [-0.2, 0) is 0 Å². The van der Waals surface area contributed by atoms with Crippen molar-refractivity contribution in [2.75, 3.05) is 24.5 Å². The summed E-state index contributed by atoms with van der Waals surface area (Å²) in [6.45, 7) is 5.97. The molecule has 19 heavy (non-hydrogen) atoms. The van der Waals surface area contributed by atoms with Crippen LogP contribution in [0.2, 0.25) is 0 Å². The largest absolute Gasteiger partial charge is 0.362 e. The molecule has 0 aromatic heterocycles. The SMILES string of the molecule is CCN(c1cc(C)c(F)cc1[N+](=O)[O-])C1CCNC1. The van der Waals surface area contributed by atoms with Gasteiger partial charge in [-0.25, -0.2) is 4.39 Å². The first-order valence-corrected chi connectivity index (χ1v) is 6.46. The molecular formula is C13H18FN3O2. The average Bonchev–Trinajstić information content (AvgIpc) is 2.87. The zero-order valence-corrected chi connectivity index (χ0v) is 11.1. The Labute approximate surface area is 111 Å². The third kappa shape index (κ3) is 2.68. The average molecular weight is 267 g/mol. The van der Waals surface area contributed by atoms with Crippen molar-refractivity contribution in [1.29, 1.82) is 0 Å². The van der Waals surface area contributed by atoms with Crippen molar-refractivity contribution in [3.8, 4) is 0 Å². The number of likely N-dealkylation sites (N-methyl/N-ethyl adjacent to an activating group) is 1. The lowest BCUT2D eigenvalue weighted by molar-refractivity contribution is -0.384. The molecule has 0 bridgehead atoms. The molecule has 0 aliphatic carbocycles. The van der Waals surface area contributed by atoms with E-state index in [-0.39, 0.29) is 11.7 Å². The summed E-state index contributed by atoms with van der Waals surface area (Å²) >= 11 is 0. The van der Waals surface area contributed by atoms with Gasteiger partial charge in [0.15, 0.2) is 0 Å². The first-order chi connectivity index (χ1) is 9.04. The Kier molecular flexibility index (Phi) is 3.99. The van der Waals surface area contributed by atoms with Crippen LogP contribution >= 0.6 is 0 Å². The molecule has 0 spiro atoms. The molecule has 1 aromatic rings. The summed E-state index contributed by atoms with van der Waals surface area (Å²) in [5.74, 6) is -0.531. The molecule has 0 radical (unpaired) electrons. The van der Waals surface area contributed by atoms with Gasteiger partial charge in [0.2, 0.25) is 0 Å². The molecule has 2 rings (SSSR count). The molecule has 5 nitrogen and oxygen atoms in total. The Bertz CT molecular complexity index is 487. The van der Waals surface area contributed by atoms with Gasteiger partial charge in [0.25, 0.3) is 5.69 Å². The number of anilines is 1. The third-order valence-corrected chi connectivity index (χ3v) is 3.58. The minimum Gasteiger partial charge on any atom is -0.362 e. The molecule has 1 aliphatic rings. The van der Waals surface area contributed by atoms with E-state index in [0.29, 0.717) is 17.8 Å². The number of hydrogen-bond donors (Lipinski definition) is 1. The Balaban J connectivity index is 2.45. The fourth-order valence-corrected chi connectivity index (χ4v) is 2.56. The molecule has 1 aliphatic heterocycles. The van der Waals surface area contributed by atoms with Gasteiger partial charge in [-0.3, -0.25) is 10.1 Å². The second-order valence-electron chi connectivity index (χ2n) is 4.78. The van der Waals surface area contributed by atoms with Crippen LogP contribution in [0, 0.1) is 22.9 Å². The van der Waals surface area contributed by atoms with Crippen LogP contribution in [0.1, 0.15) is 18.9 Å². The van der Waals surface area contributed by atoms with Crippen molar-refractivity contribution in [3.05, 3.63) is 33.6 Å². The van der Waals surface area contributed by atoms with E-state index < -0.39 is 10.7 Å². The lowest BCUT2D eigenvalue weighted by Crippen LogP contribution is -2.37. The molecule has 0 amide bonds. The molecule has 1 unspecified atom stereocenters. The monoisotopic (exact) mass is 267 g/mol. The van der Waals surface area contributed by atoms with Crippen molar-refractivity contribution in [3.63, 3.8) is 0 Å². The molecule has 104 valence electrons. The molecule has 1 aromatic carbocycles. The first kappa shape index (κ1) is 13.7. The zero-order valence-electron chi connectivity index (χ0n) is 11.1. The third-order valence-electron chi connectivity index (χ3n) is 3.58. The zero-order chi connectivity index (χ0) is 14.0. The van der Waals surface area contributed by atoms with Crippen LogP contribution in [0.5, 0.6) is 0 Å². The van der Waals surface area contributed by atoms with E-state index in [1.165, 1.54) is 0 Å². The lowest BCUT2D eigenvalue weighted by Gasteiger charge is -2.29. The minimum absolute atomic E-state index is 0.156. The number of nitrogens with one attached hydrogen (secondary N) is 1. The highest BCUT2D eigenvalue weighted by Gasteiger charge is 2.27. The normalized spacial score (nSPS) is 18.6. The lowest BCUT2D eigenvalue weighted by atomic mass is 10.1. The predicted molar refractivity (Wildman–Crippen MR) is 72.1 cm³/mol. The van der Waals surface area contributed by atoms with E-state index in [2.05, 4.69) is 5.32 Å². The van der Waals surface area contributed by atoms with Crippen LogP contribution in [0.4, 0.5) is 15.8 Å². The molecular weight excluding hydrogens is 249 g/mol. The fraction of sp³-hybridized carbons (Fsp3) is 0.538. The Morgan fingerprint density at radius 1 is 1.58 bits per heavy atom. The van der Waals surface area contributed by atoms with Gasteiger partial charge < -0.3 is 10.2 Å². The van der Waals surface area contributed by atoms with Gasteiger partial charge in [-0.05, 0) is 38.4 Å². The summed E-state index contributed by atoms with van der Waals surface area (Å²) in [4.78, 5) is 12.6. The summed E-state index contributed by atoms with van der Waals surface area (Å²) in [5.41, 5.74) is 0.793. The number of aryl methyl sites for hydroxylation is 1. The Hall–Kier alpha value is -1.69. The second-order valence-corrected chi connectivity index (χ2v) is 4.78. The first-order valence-electron chi connectivity index (χ1n) is 6.46. The molecule has 6 heteroatoms. The number of nitrogens with zero attached hydrogens (tertiary/aromatic N) is 2. The summed E-state index contributed by atoms with van der Waals surface area (Å²) in [5, 5.41) is 14.4. The van der Waals surface area contributed by atoms with Crippen molar-refractivity contribution in [2.45, 2.75) is 26.3 Å². The molecule has 1 atom stereocenters. The van der Waals surface area contributed by atoms with Gasteiger partial charge in [-0.1, -0.05) is 0 Å². The van der Waals surface area contributed by atoms with Gasteiger partial charge in [0.1, 0.15) is 11.5 Å². The number of hydrogen-bond acceptors (Lipinski definition) is 4. The van der Waals surface area contributed by atoms with E-state index in [4.69, 9.17) is 0 Å². The van der Waals surface area contributed by atoms with E-state index in [1.807, 2.05) is 11.8 Å². The molecule has 1 saturated heterocycles. The smallest absolute Gasteiger partial charge is 0.295 e. The maximum absolute atomic E-state index is 13.5. The van der Waals surface area contributed by atoms with Crippen molar-refractivity contribution >= 4 is 11.4 Å². The maximum Gasteiger partial charge on any atom is 0.295 e. The molecule has 0 saturated carbocycles. The van der Waals surface area contributed by atoms with E-state index in [1.54, 1.807) is 13.0 Å². The number of rotatable bonds is 4. The number of nitro benzene ring substituents is 1. The molecule has 1 fully saturated rings. The van der Waals surface area contributed by atoms with E-state index >= 15 is 0 Å². The maximum atomic E-state index is 13.5. The van der Waals surface area contributed by atoms with Crippen molar-refractivity contribution in [2.24, 2.45) is 0 Å². The quantitative estimate of drug-likeness (QED) is 0.671. The summed E-state index contributed by atoms with van der Waals surface area (Å²) in [7, 11) is 0. The van der Waals surface area contributed by atoms with Crippen LogP contribution in [-0.4, -0.2) is 30.6 Å². The summed E-state index contributed by atoms with van der Waals surface area (Å²) in [6.07, 6.45) is 0.946. The highest BCUT2D eigenvalue weighted by atomic mass is 19.1. The summed E-state index contributed by atoms with van der Waals surface area (Å²) in [6, 6.07) is 2.83. The van der Waals surface area contributed by atoms with Gasteiger partial charge in [0, 0.05) is 19.1 Å². The highest BCUT2D eigenvalue weighted by molar-refractivity contribution is 5.65. The summed E-state index contributed by atoms with van der Waals surface area (Å²) < 4.78 is 13.5. The predicted octanol–water partition coefficient (Wildman–Crippen LogP) is 2.23. The molecule has 1 heterocycles. The number of benzene rings is 1. The van der Waals surface area contributed by atoms with Crippen LogP contribution in [0.15, 0.2) is 12.1 Å². The van der Waals surface area contributed by atoms with Gasteiger partial charge in [-0.2, -0.15) is 0 Å².